The highest BCUT2D eigenvalue weighted by molar-refractivity contribution is 7.98. The van der Waals surface area contributed by atoms with Crippen LogP contribution in [-0.2, 0) is 18.6 Å². The minimum Gasteiger partial charge on any atom is -0.493 e. The first kappa shape index (κ1) is 15.0. The summed E-state index contributed by atoms with van der Waals surface area (Å²) in [5, 5.41) is 11.9. The molecular formula is C16H15Cl2NOS. The molecule has 3 rings (SSSR count). The van der Waals surface area contributed by atoms with E-state index in [2.05, 4.69) is 4.98 Å². The molecule has 21 heavy (non-hydrogen) atoms. The van der Waals surface area contributed by atoms with Crippen LogP contribution in [0.2, 0.25) is 10.0 Å². The van der Waals surface area contributed by atoms with Crippen LogP contribution >= 0.6 is 35.0 Å². The van der Waals surface area contributed by atoms with Gasteiger partial charge in [0.2, 0.25) is 5.88 Å². The molecule has 0 unspecified atom stereocenters. The van der Waals surface area contributed by atoms with Gasteiger partial charge in [0.25, 0.3) is 0 Å². The van der Waals surface area contributed by atoms with E-state index in [4.69, 9.17) is 23.2 Å². The van der Waals surface area contributed by atoms with E-state index in [0.717, 1.165) is 23.4 Å². The molecule has 0 saturated carbocycles. The van der Waals surface area contributed by atoms with E-state index in [1.54, 1.807) is 23.9 Å². The normalized spacial score (nSPS) is 14.0. The van der Waals surface area contributed by atoms with Crippen molar-refractivity contribution in [2.75, 3.05) is 0 Å². The molecule has 1 aromatic carbocycles. The number of benzene rings is 1. The third-order valence-electron chi connectivity index (χ3n) is 3.68. The largest absolute Gasteiger partial charge is 0.493 e. The molecule has 5 heteroatoms. The van der Waals surface area contributed by atoms with Crippen LogP contribution in [0.5, 0.6) is 5.88 Å². The maximum absolute atomic E-state index is 9.79. The van der Waals surface area contributed by atoms with Crippen LogP contribution in [0.4, 0.5) is 0 Å². The number of hydrogen-bond acceptors (Lipinski definition) is 3. The average molecular weight is 340 g/mol. The van der Waals surface area contributed by atoms with Crippen LogP contribution in [0.15, 0.2) is 29.3 Å². The molecule has 2 aromatic rings. The van der Waals surface area contributed by atoms with E-state index in [9.17, 15) is 5.11 Å². The topological polar surface area (TPSA) is 33.1 Å². The zero-order valence-corrected chi connectivity index (χ0v) is 13.7. The summed E-state index contributed by atoms with van der Waals surface area (Å²) in [4.78, 5) is 4.30. The molecule has 0 radical (unpaired) electrons. The lowest BCUT2D eigenvalue weighted by Crippen LogP contribution is -2.05. The zero-order valence-electron chi connectivity index (χ0n) is 11.4. The standard InChI is InChI=1S/C16H15Cl2NOS/c17-13-7-3-5-11(15(13)18)9-21-16-12-6-2-1-4-10(12)8-14(20)19-16/h3,5,7-8H,1-2,4,6,9H2,(H,19,20). The van der Waals surface area contributed by atoms with Crippen LogP contribution in [0.1, 0.15) is 29.5 Å². The Labute approximate surface area is 138 Å². The summed E-state index contributed by atoms with van der Waals surface area (Å²) in [6.45, 7) is 0. The van der Waals surface area contributed by atoms with Gasteiger partial charge in [0.1, 0.15) is 5.03 Å². The number of hydrogen-bond donors (Lipinski definition) is 1. The molecule has 0 aliphatic heterocycles. The van der Waals surface area contributed by atoms with Crippen molar-refractivity contribution >= 4 is 35.0 Å². The quantitative estimate of drug-likeness (QED) is 0.773. The van der Waals surface area contributed by atoms with Crippen molar-refractivity contribution in [1.29, 1.82) is 0 Å². The molecule has 1 aromatic heterocycles. The summed E-state index contributed by atoms with van der Waals surface area (Å²) in [7, 11) is 0. The maximum atomic E-state index is 9.79. The molecule has 0 amide bonds. The molecular weight excluding hydrogens is 325 g/mol. The van der Waals surface area contributed by atoms with Gasteiger partial charge in [0.05, 0.1) is 10.0 Å². The Morgan fingerprint density at radius 1 is 1.19 bits per heavy atom. The summed E-state index contributed by atoms with van der Waals surface area (Å²) < 4.78 is 0. The lowest BCUT2D eigenvalue weighted by Gasteiger charge is -2.18. The van der Waals surface area contributed by atoms with Crippen LogP contribution in [0, 0.1) is 0 Å². The Hall–Kier alpha value is -0.900. The first-order chi connectivity index (χ1) is 10.1. The number of aromatic nitrogens is 1. The van der Waals surface area contributed by atoms with Gasteiger partial charge in [-0.15, -0.1) is 11.8 Å². The number of rotatable bonds is 3. The minimum absolute atomic E-state index is 0.107. The van der Waals surface area contributed by atoms with Crippen LogP contribution in [-0.4, -0.2) is 10.1 Å². The first-order valence-corrected chi connectivity index (χ1v) is 8.67. The van der Waals surface area contributed by atoms with E-state index in [1.807, 2.05) is 12.1 Å². The Kier molecular flexibility index (Phi) is 4.63. The van der Waals surface area contributed by atoms with Crippen LogP contribution in [0.3, 0.4) is 0 Å². The molecule has 0 fully saturated rings. The average Bonchev–Trinajstić information content (AvgIpc) is 2.48. The summed E-state index contributed by atoms with van der Waals surface area (Å²) in [5.41, 5.74) is 3.50. The van der Waals surface area contributed by atoms with E-state index in [-0.39, 0.29) is 5.88 Å². The summed E-state index contributed by atoms with van der Waals surface area (Å²) in [6, 6.07) is 7.45. The fraction of sp³-hybridized carbons (Fsp3) is 0.312. The number of nitrogens with zero attached hydrogens (tertiary/aromatic N) is 1. The summed E-state index contributed by atoms with van der Waals surface area (Å²) in [6.07, 6.45) is 4.43. The smallest absolute Gasteiger partial charge is 0.212 e. The van der Waals surface area contributed by atoms with Gasteiger partial charge in [-0.2, -0.15) is 0 Å². The molecule has 1 heterocycles. The lowest BCUT2D eigenvalue weighted by atomic mass is 9.93. The van der Waals surface area contributed by atoms with Crippen LogP contribution in [0.25, 0.3) is 0 Å². The van der Waals surface area contributed by atoms with Crippen molar-refractivity contribution in [2.45, 2.75) is 36.5 Å². The van der Waals surface area contributed by atoms with E-state index in [1.165, 1.54) is 24.0 Å². The highest BCUT2D eigenvalue weighted by Crippen LogP contribution is 2.35. The molecule has 0 spiro atoms. The Morgan fingerprint density at radius 3 is 2.86 bits per heavy atom. The monoisotopic (exact) mass is 339 g/mol. The number of fused-ring (bicyclic) bond motifs is 1. The fourth-order valence-electron chi connectivity index (χ4n) is 2.62. The van der Waals surface area contributed by atoms with Gasteiger partial charge in [0.15, 0.2) is 0 Å². The zero-order chi connectivity index (χ0) is 14.8. The molecule has 1 N–H and O–H groups in total. The van der Waals surface area contributed by atoms with Crippen LogP contribution < -0.4 is 0 Å². The maximum Gasteiger partial charge on any atom is 0.212 e. The number of aryl methyl sites for hydroxylation is 1. The Bertz CT molecular complexity index is 676. The first-order valence-electron chi connectivity index (χ1n) is 6.92. The molecule has 0 saturated heterocycles. The van der Waals surface area contributed by atoms with Gasteiger partial charge in [-0.3, -0.25) is 0 Å². The number of aromatic hydroxyl groups is 1. The number of halogens is 2. The van der Waals surface area contributed by atoms with Gasteiger partial charge in [-0.05, 0) is 48.4 Å². The number of thioether (sulfide) groups is 1. The second kappa shape index (κ2) is 6.47. The van der Waals surface area contributed by atoms with Crippen molar-refractivity contribution in [3.63, 3.8) is 0 Å². The predicted molar refractivity (Wildman–Crippen MR) is 88.6 cm³/mol. The Balaban J connectivity index is 1.85. The second-order valence-corrected chi connectivity index (χ2v) is 6.88. The molecule has 0 bridgehead atoms. The van der Waals surface area contributed by atoms with Gasteiger partial charge < -0.3 is 5.11 Å². The summed E-state index contributed by atoms with van der Waals surface area (Å²) in [5.74, 6) is 0.804. The third kappa shape index (κ3) is 3.31. The van der Waals surface area contributed by atoms with Gasteiger partial charge in [-0.25, -0.2) is 4.98 Å². The van der Waals surface area contributed by atoms with Crippen molar-refractivity contribution in [1.82, 2.24) is 4.98 Å². The van der Waals surface area contributed by atoms with Gasteiger partial charge >= 0.3 is 0 Å². The molecule has 1 aliphatic carbocycles. The predicted octanol–water partition coefficient (Wildman–Crippen LogP) is 5.27. The van der Waals surface area contributed by atoms with Gasteiger partial charge in [-0.1, -0.05) is 35.3 Å². The molecule has 1 aliphatic rings. The Morgan fingerprint density at radius 2 is 2.00 bits per heavy atom. The fourth-order valence-corrected chi connectivity index (χ4v) is 4.18. The number of pyridine rings is 1. The summed E-state index contributed by atoms with van der Waals surface area (Å²) >= 11 is 13.9. The highest BCUT2D eigenvalue weighted by Gasteiger charge is 2.17. The van der Waals surface area contributed by atoms with E-state index in [0.29, 0.717) is 15.8 Å². The van der Waals surface area contributed by atoms with Gasteiger partial charge in [0, 0.05) is 11.8 Å². The molecule has 110 valence electrons. The van der Waals surface area contributed by atoms with Crippen molar-refractivity contribution in [2.24, 2.45) is 0 Å². The van der Waals surface area contributed by atoms with E-state index >= 15 is 0 Å². The van der Waals surface area contributed by atoms with Crippen molar-refractivity contribution in [3.8, 4) is 5.88 Å². The second-order valence-electron chi connectivity index (χ2n) is 5.13. The van der Waals surface area contributed by atoms with Crippen molar-refractivity contribution < 1.29 is 5.11 Å². The minimum atomic E-state index is 0.107. The third-order valence-corrected chi connectivity index (χ3v) is 5.61. The molecule has 2 nitrogen and oxygen atoms in total. The highest BCUT2D eigenvalue weighted by atomic mass is 35.5. The SMILES string of the molecule is Oc1cc2c(c(SCc3cccc(Cl)c3Cl)n1)CCCC2. The molecule has 0 atom stereocenters. The lowest BCUT2D eigenvalue weighted by molar-refractivity contribution is 0.445. The van der Waals surface area contributed by atoms with E-state index < -0.39 is 0 Å². The van der Waals surface area contributed by atoms with Crippen molar-refractivity contribution in [3.05, 3.63) is 51.0 Å².